The fourth-order valence-corrected chi connectivity index (χ4v) is 3.48. The molecule has 0 bridgehead atoms. The zero-order chi connectivity index (χ0) is 14.3. The minimum atomic E-state index is 0.253. The minimum Gasteiger partial charge on any atom is -0.399 e. The predicted molar refractivity (Wildman–Crippen MR) is 85.5 cm³/mol. The predicted octanol–water partition coefficient (Wildman–Crippen LogP) is 4.15. The van der Waals surface area contributed by atoms with Crippen molar-refractivity contribution in [2.45, 2.75) is 12.5 Å². The standard InChI is InChI=1S/C16H16Cl2N2/c1-20-8-14(10-3-2-4-12(19)5-10)13-6-11(17)7-16(18)15(13)9-20/h2-7,14H,8-9,19H2,1H3/t14-/m1/s1. The maximum absolute atomic E-state index is 6.36. The first kappa shape index (κ1) is 13.7. The van der Waals surface area contributed by atoms with E-state index in [4.69, 9.17) is 28.9 Å². The van der Waals surface area contributed by atoms with E-state index in [-0.39, 0.29) is 5.92 Å². The molecule has 0 unspecified atom stereocenters. The zero-order valence-corrected chi connectivity index (χ0v) is 12.7. The van der Waals surface area contributed by atoms with Crippen molar-refractivity contribution >= 4 is 28.9 Å². The number of hydrogen-bond acceptors (Lipinski definition) is 2. The van der Waals surface area contributed by atoms with Crippen LogP contribution in [0.3, 0.4) is 0 Å². The van der Waals surface area contributed by atoms with Crippen molar-refractivity contribution in [1.29, 1.82) is 0 Å². The second kappa shape index (κ2) is 5.28. The molecule has 0 aliphatic carbocycles. The number of nitrogen functional groups attached to an aromatic ring is 1. The summed E-state index contributed by atoms with van der Waals surface area (Å²) < 4.78 is 0. The van der Waals surface area contributed by atoms with Gasteiger partial charge in [-0.1, -0.05) is 35.3 Å². The van der Waals surface area contributed by atoms with Gasteiger partial charge in [-0.15, -0.1) is 0 Å². The van der Waals surface area contributed by atoms with Crippen molar-refractivity contribution in [1.82, 2.24) is 4.90 Å². The van der Waals surface area contributed by atoms with Crippen LogP contribution in [0.1, 0.15) is 22.6 Å². The lowest BCUT2D eigenvalue weighted by Crippen LogP contribution is -2.31. The first-order valence-corrected chi connectivity index (χ1v) is 7.32. The Morgan fingerprint density at radius 2 is 2.00 bits per heavy atom. The van der Waals surface area contributed by atoms with Crippen LogP contribution < -0.4 is 5.73 Å². The molecule has 3 rings (SSSR count). The maximum Gasteiger partial charge on any atom is 0.0468 e. The number of rotatable bonds is 1. The molecule has 0 aromatic heterocycles. The van der Waals surface area contributed by atoms with Crippen LogP contribution in [-0.4, -0.2) is 18.5 Å². The summed E-state index contributed by atoms with van der Waals surface area (Å²) >= 11 is 12.5. The van der Waals surface area contributed by atoms with Gasteiger partial charge in [-0.25, -0.2) is 0 Å². The molecule has 2 aromatic carbocycles. The number of nitrogens with two attached hydrogens (primary N) is 1. The Balaban J connectivity index is 2.15. The van der Waals surface area contributed by atoms with Crippen LogP contribution in [0.15, 0.2) is 36.4 Å². The van der Waals surface area contributed by atoms with Gasteiger partial charge in [0.15, 0.2) is 0 Å². The van der Waals surface area contributed by atoms with Gasteiger partial charge in [0.25, 0.3) is 0 Å². The second-order valence-electron chi connectivity index (χ2n) is 5.37. The van der Waals surface area contributed by atoms with Crippen molar-refractivity contribution in [3.63, 3.8) is 0 Å². The number of benzene rings is 2. The van der Waals surface area contributed by atoms with Crippen LogP contribution in [0.4, 0.5) is 5.69 Å². The van der Waals surface area contributed by atoms with E-state index in [1.165, 1.54) is 11.1 Å². The van der Waals surface area contributed by atoms with Crippen LogP contribution in [0, 0.1) is 0 Å². The van der Waals surface area contributed by atoms with Gasteiger partial charge in [0, 0.05) is 34.7 Å². The number of halogens is 2. The highest BCUT2D eigenvalue weighted by Gasteiger charge is 2.27. The Labute approximate surface area is 129 Å². The summed E-state index contributed by atoms with van der Waals surface area (Å²) in [6.07, 6.45) is 0. The average molecular weight is 307 g/mol. The molecule has 104 valence electrons. The number of fused-ring (bicyclic) bond motifs is 1. The molecular formula is C16H16Cl2N2. The summed E-state index contributed by atoms with van der Waals surface area (Å²) in [5.74, 6) is 0.253. The highest BCUT2D eigenvalue weighted by Crippen LogP contribution is 2.38. The summed E-state index contributed by atoms with van der Waals surface area (Å²) in [7, 11) is 2.10. The van der Waals surface area contributed by atoms with E-state index in [0.29, 0.717) is 5.02 Å². The van der Waals surface area contributed by atoms with E-state index in [1.807, 2.05) is 30.3 Å². The van der Waals surface area contributed by atoms with E-state index in [0.717, 1.165) is 29.4 Å². The number of likely N-dealkylation sites (N-methyl/N-ethyl adjacent to an activating group) is 1. The summed E-state index contributed by atoms with van der Waals surface area (Å²) in [5, 5.41) is 1.43. The molecule has 4 heteroatoms. The van der Waals surface area contributed by atoms with Crippen LogP contribution in [0.2, 0.25) is 10.0 Å². The smallest absolute Gasteiger partial charge is 0.0468 e. The van der Waals surface area contributed by atoms with Crippen LogP contribution in [0.5, 0.6) is 0 Å². The Kier molecular flexibility index (Phi) is 3.63. The van der Waals surface area contributed by atoms with Gasteiger partial charge in [0.2, 0.25) is 0 Å². The van der Waals surface area contributed by atoms with Gasteiger partial charge in [-0.2, -0.15) is 0 Å². The van der Waals surface area contributed by atoms with Crippen LogP contribution in [-0.2, 0) is 6.54 Å². The fourth-order valence-electron chi connectivity index (χ4n) is 2.91. The van der Waals surface area contributed by atoms with Crippen molar-refractivity contribution in [3.8, 4) is 0 Å². The first-order valence-electron chi connectivity index (χ1n) is 6.56. The summed E-state index contributed by atoms with van der Waals surface area (Å²) in [5.41, 5.74) is 10.3. The summed E-state index contributed by atoms with van der Waals surface area (Å²) in [6.45, 7) is 1.79. The van der Waals surface area contributed by atoms with Gasteiger partial charge < -0.3 is 10.6 Å². The van der Waals surface area contributed by atoms with Crippen molar-refractivity contribution in [2.24, 2.45) is 0 Å². The second-order valence-corrected chi connectivity index (χ2v) is 6.22. The Hall–Kier alpha value is -1.22. The molecule has 0 saturated heterocycles. The maximum atomic E-state index is 6.36. The molecule has 0 amide bonds. The van der Waals surface area contributed by atoms with E-state index in [9.17, 15) is 0 Å². The van der Waals surface area contributed by atoms with Crippen molar-refractivity contribution in [3.05, 3.63) is 63.1 Å². The van der Waals surface area contributed by atoms with Gasteiger partial charge in [0.1, 0.15) is 0 Å². The third-order valence-corrected chi connectivity index (χ3v) is 4.36. The molecular weight excluding hydrogens is 291 g/mol. The molecule has 1 heterocycles. The van der Waals surface area contributed by atoms with Gasteiger partial charge >= 0.3 is 0 Å². The van der Waals surface area contributed by atoms with Gasteiger partial charge in [-0.05, 0) is 48.0 Å². The lowest BCUT2D eigenvalue weighted by Gasteiger charge is -2.33. The normalized spacial score (nSPS) is 18.9. The Bertz CT molecular complexity index is 655. The van der Waals surface area contributed by atoms with E-state index < -0.39 is 0 Å². The molecule has 1 aliphatic rings. The fraction of sp³-hybridized carbons (Fsp3) is 0.250. The van der Waals surface area contributed by atoms with Crippen molar-refractivity contribution < 1.29 is 0 Å². The molecule has 2 nitrogen and oxygen atoms in total. The first-order chi connectivity index (χ1) is 9.54. The highest BCUT2D eigenvalue weighted by atomic mass is 35.5. The largest absolute Gasteiger partial charge is 0.399 e. The molecule has 0 spiro atoms. The molecule has 2 aromatic rings. The lowest BCUT2D eigenvalue weighted by molar-refractivity contribution is 0.295. The van der Waals surface area contributed by atoms with E-state index >= 15 is 0 Å². The molecule has 0 saturated carbocycles. The third kappa shape index (κ3) is 2.51. The summed E-state index contributed by atoms with van der Waals surface area (Å²) in [4.78, 5) is 2.27. The third-order valence-electron chi connectivity index (χ3n) is 3.81. The Morgan fingerprint density at radius 1 is 1.20 bits per heavy atom. The number of nitrogens with zero attached hydrogens (tertiary/aromatic N) is 1. The summed E-state index contributed by atoms with van der Waals surface area (Å²) in [6, 6.07) is 11.9. The quantitative estimate of drug-likeness (QED) is 0.802. The van der Waals surface area contributed by atoms with Crippen molar-refractivity contribution in [2.75, 3.05) is 19.3 Å². The van der Waals surface area contributed by atoms with Gasteiger partial charge in [0.05, 0.1) is 0 Å². The molecule has 1 atom stereocenters. The SMILES string of the molecule is CN1Cc2c(Cl)cc(Cl)cc2[C@@H](c2cccc(N)c2)C1. The molecule has 0 fully saturated rings. The van der Waals surface area contributed by atoms with Gasteiger partial charge in [-0.3, -0.25) is 0 Å². The average Bonchev–Trinajstić information content (AvgIpc) is 2.39. The number of anilines is 1. The van der Waals surface area contributed by atoms with E-state index in [1.54, 1.807) is 0 Å². The van der Waals surface area contributed by atoms with Crippen LogP contribution in [0.25, 0.3) is 0 Å². The minimum absolute atomic E-state index is 0.253. The molecule has 1 aliphatic heterocycles. The molecule has 0 radical (unpaired) electrons. The van der Waals surface area contributed by atoms with E-state index in [2.05, 4.69) is 18.0 Å². The topological polar surface area (TPSA) is 29.3 Å². The van der Waals surface area contributed by atoms with Crippen LogP contribution >= 0.6 is 23.2 Å². The zero-order valence-electron chi connectivity index (χ0n) is 11.2. The molecule has 20 heavy (non-hydrogen) atoms. The highest BCUT2D eigenvalue weighted by molar-refractivity contribution is 6.35. The molecule has 2 N–H and O–H groups in total. The number of hydrogen-bond donors (Lipinski definition) is 1. The lowest BCUT2D eigenvalue weighted by atomic mass is 9.84. The monoisotopic (exact) mass is 306 g/mol. The Morgan fingerprint density at radius 3 is 2.75 bits per heavy atom.